The first-order chi connectivity index (χ1) is 11.1. The van der Waals surface area contributed by atoms with E-state index in [0.29, 0.717) is 17.7 Å². The van der Waals surface area contributed by atoms with Gasteiger partial charge in [-0.3, -0.25) is 4.79 Å². The Bertz CT molecular complexity index is 855. The quantitative estimate of drug-likeness (QED) is 0.618. The molecule has 3 rings (SSSR count). The molecular formula is C16H17N5O2. The summed E-state index contributed by atoms with van der Waals surface area (Å²) in [5.74, 6) is 0.246. The van der Waals surface area contributed by atoms with Crippen molar-refractivity contribution in [1.29, 1.82) is 0 Å². The lowest BCUT2D eigenvalue weighted by Crippen LogP contribution is -2.15. The maximum atomic E-state index is 11.4. The van der Waals surface area contributed by atoms with E-state index in [-0.39, 0.29) is 5.56 Å². The van der Waals surface area contributed by atoms with Gasteiger partial charge in [0.05, 0.1) is 30.3 Å². The second-order valence-electron chi connectivity index (χ2n) is 5.09. The van der Waals surface area contributed by atoms with Gasteiger partial charge in [0.15, 0.2) is 0 Å². The normalized spacial score (nSPS) is 10.7. The fraction of sp³-hybridized carbons (Fsp3) is 0.125. The molecule has 0 saturated carbocycles. The van der Waals surface area contributed by atoms with E-state index in [1.165, 1.54) is 0 Å². The number of nitrogens with one attached hydrogen (secondary N) is 1. The van der Waals surface area contributed by atoms with Crippen LogP contribution < -0.4 is 21.6 Å². The van der Waals surface area contributed by atoms with Crippen molar-refractivity contribution in [3.8, 4) is 5.75 Å². The molecule has 2 aromatic carbocycles. The van der Waals surface area contributed by atoms with Gasteiger partial charge in [-0.15, -0.1) is 0 Å². The van der Waals surface area contributed by atoms with Crippen molar-refractivity contribution in [1.82, 2.24) is 9.66 Å². The number of primary amides is 1. The smallest absolute Gasteiger partial charge is 0.250 e. The zero-order chi connectivity index (χ0) is 16.4. The van der Waals surface area contributed by atoms with Gasteiger partial charge in [-0.1, -0.05) is 12.1 Å². The van der Waals surface area contributed by atoms with Crippen molar-refractivity contribution >= 4 is 22.6 Å². The van der Waals surface area contributed by atoms with Crippen molar-refractivity contribution in [3.63, 3.8) is 0 Å². The van der Waals surface area contributed by atoms with E-state index in [2.05, 4.69) is 10.4 Å². The van der Waals surface area contributed by atoms with Crippen LogP contribution in [0.25, 0.3) is 11.0 Å². The van der Waals surface area contributed by atoms with E-state index in [1.807, 2.05) is 24.3 Å². The third-order valence-electron chi connectivity index (χ3n) is 3.60. The lowest BCUT2D eigenvalue weighted by Gasteiger charge is -2.10. The molecule has 1 aromatic heterocycles. The molecule has 3 aromatic rings. The van der Waals surface area contributed by atoms with Crippen LogP contribution in [0.2, 0.25) is 0 Å². The summed E-state index contributed by atoms with van der Waals surface area (Å²) in [5, 5.41) is 0. The van der Waals surface area contributed by atoms with Gasteiger partial charge in [-0.05, 0) is 29.8 Å². The second-order valence-corrected chi connectivity index (χ2v) is 5.09. The minimum absolute atomic E-state index is 0.283. The number of rotatable bonds is 5. The summed E-state index contributed by atoms with van der Waals surface area (Å²) >= 11 is 0. The molecule has 0 radical (unpaired) electrons. The van der Waals surface area contributed by atoms with Crippen LogP contribution in [0.15, 0.2) is 42.7 Å². The topological polar surface area (TPSA) is 108 Å². The molecule has 1 heterocycles. The summed E-state index contributed by atoms with van der Waals surface area (Å²) in [7, 11) is 1.63. The molecule has 0 bridgehead atoms. The summed E-state index contributed by atoms with van der Waals surface area (Å²) in [6, 6.07) is 11.0. The third kappa shape index (κ3) is 2.89. The average Bonchev–Trinajstić information content (AvgIpc) is 2.94. The summed E-state index contributed by atoms with van der Waals surface area (Å²) in [5.41, 5.74) is 17.5. The van der Waals surface area contributed by atoms with Gasteiger partial charge in [-0.25, -0.2) is 9.66 Å². The fourth-order valence-corrected chi connectivity index (χ4v) is 2.33. The van der Waals surface area contributed by atoms with Crippen molar-refractivity contribution in [2.24, 2.45) is 5.73 Å². The number of hydrogen-bond donors (Lipinski definition) is 3. The van der Waals surface area contributed by atoms with Crippen LogP contribution in [0.3, 0.4) is 0 Å². The lowest BCUT2D eigenvalue weighted by atomic mass is 10.1. The van der Waals surface area contributed by atoms with Gasteiger partial charge in [0.25, 0.3) is 5.91 Å². The van der Waals surface area contributed by atoms with Crippen LogP contribution in [0.4, 0.5) is 5.69 Å². The molecule has 23 heavy (non-hydrogen) atoms. The first-order valence-electron chi connectivity index (χ1n) is 7.01. The Morgan fingerprint density at radius 2 is 2.04 bits per heavy atom. The predicted molar refractivity (Wildman–Crippen MR) is 88.7 cm³/mol. The van der Waals surface area contributed by atoms with E-state index < -0.39 is 5.91 Å². The minimum Gasteiger partial charge on any atom is -0.497 e. The number of fused-ring (bicyclic) bond motifs is 1. The molecule has 0 saturated heterocycles. The lowest BCUT2D eigenvalue weighted by molar-refractivity contribution is 0.100. The summed E-state index contributed by atoms with van der Waals surface area (Å²) in [6.45, 7) is 0.589. The highest BCUT2D eigenvalue weighted by Gasteiger charge is 2.11. The minimum atomic E-state index is -0.563. The number of methoxy groups -OCH3 is 1. The molecule has 5 N–H and O–H groups in total. The number of imidazole rings is 1. The highest BCUT2D eigenvalue weighted by Crippen LogP contribution is 2.20. The number of aromatic nitrogens is 2. The third-order valence-corrected chi connectivity index (χ3v) is 3.60. The number of carbonyl (C=O) groups is 1. The van der Waals surface area contributed by atoms with Gasteiger partial charge < -0.3 is 21.6 Å². The van der Waals surface area contributed by atoms with Gasteiger partial charge in [0.1, 0.15) is 12.1 Å². The maximum absolute atomic E-state index is 11.4. The van der Waals surface area contributed by atoms with Gasteiger partial charge in [0, 0.05) is 5.69 Å². The Morgan fingerprint density at radius 3 is 2.70 bits per heavy atom. The number of hydrogen-bond acceptors (Lipinski definition) is 5. The molecule has 7 heteroatoms. The van der Waals surface area contributed by atoms with Crippen LogP contribution >= 0.6 is 0 Å². The SMILES string of the molecule is COc1ccc(CNn2cnc3cc(N)c(C(N)=O)cc32)cc1. The number of amides is 1. The van der Waals surface area contributed by atoms with Crippen LogP contribution in [0.5, 0.6) is 5.75 Å². The highest BCUT2D eigenvalue weighted by atomic mass is 16.5. The van der Waals surface area contributed by atoms with Gasteiger partial charge >= 0.3 is 0 Å². The van der Waals surface area contributed by atoms with Gasteiger partial charge in [0.2, 0.25) is 0 Å². The molecule has 0 aliphatic carbocycles. The average molecular weight is 311 g/mol. The number of carbonyl (C=O) groups excluding carboxylic acids is 1. The molecule has 0 unspecified atom stereocenters. The number of benzene rings is 2. The maximum Gasteiger partial charge on any atom is 0.250 e. The first kappa shape index (κ1) is 14.7. The zero-order valence-corrected chi connectivity index (χ0v) is 12.6. The van der Waals surface area contributed by atoms with E-state index >= 15 is 0 Å². The van der Waals surface area contributed by atoms with Crippen molar-refractivity contribution in [2.75, 3.05) is 18.3 Å². The largest absolute Gasteiger partial charge is 0.497 e. The number of ether oxygens (including phenoxy) is 1. The summed E-state index contributed by atoms with van der Waals surface area (Å²) in [6.07, 6.45) is 1.64. The predicted octanol–water partition coefficient (Wildman–Crippen LogP) is 1.47. The fourth-order valence-electron chi connectivity index (χ4n) is 2.33. The van der Waals surface area contributed by atoms with Crippen molar-refractivity contribution < 1.29 is 9.53 Å². The van der Waals surface area contributed by atoms with Crippen LogP contribution in [-0.2, 0) is 6.54 Å². The summed E-state index contributed by atoms with van der Waals surface area (Å²) < 4.78 is 6.87. The number of nitrogen functional groups attached to an aromatic ring is 1. The molecule has 118 valence electrons. The molecule has 0 aliphatic heterocycles. The first-order valence-corrected chi connectivity index (χ1v) is 7.01. The van der Waals surface area contributed by atoms with Crippen molar-refractivity contribution in [2.45, 2.75) is 6.54 Å². The molecule has 0 fully saturated rings. The molecular weight excluding hydrogens is 294 g/mol. The second kappa shape index (κ2) is 5.88. The van der Waals surface area contributed by atoms with Crippen LogP contribution in [0, 0.1) is 0 Å². The van der Waals surface area contributed by atoms with Crippen LogP contribution in [0.1, 0.15) is 15.9 Å². The van der Waals surface area contributed by atoms with Gasteiger partial charge in [-0.2, -0.15) is 0 Å². The molecule has 1 amide bonds. The molecule has 0 spiro atoms. The molecule has 7 nitrogen and oxygen atoms in total. The highest BCUT2D eigenvalue weighted by molar-refractivity contribution is 6.01. The van der Waals surface area contributed by atoms with Crippen molar-refractivity contribution in [3.05, 3.63) is 53.9 Å². The van der Waals surface area contributed by atoms with E-state index in [4.69, 9.17) is 16.2 Å². The summed E-state index contributed by atoms with van der Waals surface area (Å²) in [4.78, 5) is 15.7. The standard InChI is InChI=1S/C16H17N5O2/c1-23-11-4-2-10(3-5-11)8-20-21-9-19-14-7-13(17)12(16(18)22)6-15(14)21/h2-7,9,20H,8,17H2,1H3,(H2,18,22). The Labute approximate surface area is 132 Å². The van der Waals surface area contributed by atoms with E-state index in [1.54, 1.807) is 30.2 Å². The zero-order valence-electron chi connectivity index (χ0n) is 12.6. The number of nitrogens with two attached hydrogens (primary N) is 2. The number of anilines is 1. The Kier molecular flexibility index (Phi) is 3.76. The van der Waals surface area contributed by atoms with Crippen LogP contribution in [-0.4, -0.2) is 22.7 Å². The molecule has 0 aliphatic rings. The molecule has 0 atom stereocenters. The number of nitrogens with zero attached hydrogens (tertiary/aromatic N) is 2. The Balaban J connectivity index is 1.84. The monoisotopic (exact) mass is 311 g/mol. The van der Waals surface area contributed by atoms with E-state index in [0.717, 1.165) is 16.8 Å². The Hall–Kier alpha value is -3.22. The van der Waals surface area contributed by atoms with E-state index in [9.17, 15) is 4.79 Å². The Morgan fingerprint density at radius 1 is 1.30 bits per heavy atom.